The Morgan fingerprint density at radius 1 is 1.05 bits per heavy atom. The summed E-state index contributed by atoms with van der Waals surface area (Å²) >= 11 is 5.82. The third kappa shape index (κ3) is 6.55. The molecule has 2 aromatic heterocycles. The van der Waals surface area contributed by atoms with E-state index >= 15 is 4.39 Å². The van der Waals surface area contributed by atoms with Gasteiger partial charge >= 0.3 is 6.18 Å². The van der Waals surface area contributed by atoms with Crippen LogP contribution < -0.4 is 4.74 Å². The van der Waals surface area contributed by atoms with Crippen molar-refractivity contribution in [2.45, 2.75) is 102 Å². The Labute approximate surface area is 239 Å². The first-order valence-electron chi connectivity index (χ1n) is 13.4. The summed E-state index contributed by atoms with van der Waals surface area (Å²) in [5.41, 5.74) is -1.62. The van der Waals surface area contributed by atoms with E-state index in [0.29, 0.717) is 13.2 Å². The monoisotopic (exact) mass is 626 g/mol. The number of rotatable bonds is 9. The lowest BCUT2D eigenvalue weighted by molar-refractivity contribution is -0.137. The van der Waals surface area contributed by atoms with E-state index in [2.05, 4.69) is 58.5 Å². The molecule has 0 aromatic carbocycles. The van der Waals surface area contributed by atoms with Crippen molar-refractivity contribution >= 4 is 39.0 Å². The predicted molar refractivity (Wildman–Crippen MR) is 150 cm³/mol. The fourth-order valence-electron chi connectivity index (χ4n) is 4.48. The van der Waals surface area contributed by atoms with Crippen LogP contribution in [0, 0.1) is 5.82 Å². The van der Waals surface area contributed by atoms with Gasteiger partial charge < -0.3 is 23.4 Å². The van der Waals surface area contributed by atoms with Crippen LogP contribution in [0.3, 0.4) is 0 Å². The molecule has 2 saturated heterocycles. The van der Waals surface area contributed by atoms with Crippen LogP contribution in [0.2, 0.25) is 49.0 Å². The SMILES string of the molecule is CC(C)(C)[Si](C)(C)O[C@@H]1CO[C@H]2[C@@H]1OC[C@H]2Oc1c(F)c2nc(Cl)c(C(F)(F)F)cc2n1COCC[Si](C)(C)C. The van der Waals surface area contributed by atoms with Crippen LogP contribution in [0.4, 0.5) is 17.6 Å². The molecule has 0 N–H and O–H groups in total. The van der Waals surface area contributed by atoms with Crippen LogP contribution in [0.25, 0.3) is 11.0 Å². The predicted octanol–water partition coefficient (Wildman–Crippen LogP) is 7.10. The standard InChI is InChI=1S/C26H39ClF4N2O5Si2/c1-25(2,3)40(7,8)38-18-13-36-21-17(12-35-22(18)21)37-24-19(28)20-16(11-15(23(27)32-20)26(29,30)31)33(24)14-34-9-10-39(4,5)6/h11,17-18,21-22H,9-10,12-14H2,1-8H3/t17-,18-,21-,22-/m1/s1. The first-order chi connectivity index (χ1) is 18.3. The largest absolute Gasteiger partial charge is 0.468 e. The number of pyridine rings is 1. The van der Waals surface area contributed by atoms with Crippen LogP contribution in [0.15, 0.2) is 6.07 Å². The van der Waals surface area contributed by atoms with Crippen molar-refractivity contribution in [3.63, 3.8) is 0 Å². The Morgan fingerprint density at radius 3 is 2.23 bits per heavy atom. The molecule has 0 spiro atoms. The van der Waals surface area contributed by atoms with E-state index in [-0.39, 0.29) is 41.4 Å². The lowest BCUT2D eigenvalue weighted by atomic mass is 10.1. The van der Waals surface area contributed by atoms with Crippen molar-refractivity contribution in [2.75, 3.05) is 19.8 Å². The fourth-order valence-corrected chi connectivity index (χ4v) is 6.80. The van der Waals surface area contributed by atoms with Crippen LogP contribution in [0.1, 0.15) is 26.3 Å². The summed E-state index contributed by atoms with van der Waals surface area (Å²) < 4.78 is 88.3. The minimum atomic E-state index is -4.77. The van der Waals surface area contributed by atoms with Crippen LogP contribution in [-0.2, 0) is 31.5 Å². The number of hydrogen-bond donors (Lipinski definition) is 0. The summed E-state index contributed by atoms with van der Waals surface area (Å²) in [6.45, 7) is 17.8. The molecule has 4 atom stereocenters. The van der Waals surface area contributed by atoms with Gasteiger partial charge in [0.05, 0.1) is 30.4 Å². The number of aromatic nitrogens is 2. The Bertz CT molecular complexity index is 1230. The molecule has 2 fully saturated rings. The number of hydrogen-bond acceptors (Lipinski definition) is 6. The van der Waals surface area contributed by atoms with Crippen molar-refractivity contribution < 1.29 is 40.9 Å². The van der Waals surface area contributed by atoms with E-state index in [1.807, 2.05) is 0 Å². The Hall–Kier alpha value is -1.23. The summed E-state index contributed by atoms with van der Waals surface area (Å²) in [7, 11) is -3.55. The molecule has 2 aromatic rings. The molecule has 4 heterocycles. The zero-order chi connectivity index (χ0) is 29.8. The molecule has 0 saturated carbocycles. The summed E-state index contributed by atoms with van der Waals surface area (Å²) in [5.74, 6) is -1.22. The molecule has 14 heteroatoms. The lowest BCUT2D eigenvalue weighted by Gasteiger charge is -2.39. The normalized spacial score (nSPS) is 24.2. The number of alkyl halides is 3. The molecule has 0 amide bonds. The maximum absolute atomic E-state index is 15.7. The molecule has 40 heavy (non-hydrogen) atoms. The lowest BCUT2D eigenvalue weighted by Crippen LogP contribution is -2.47. The van der Waals surface area contributed by atoms with Crippen molar-refractivity contribution in [3.05, 3.63) is 22.6 Å². The average molecular weight is 627 g/mol. The van der Waals surface area contributed by atoms with Gasteiger partial charge in [0.1, 0.15) is 29.6 Å². The first-order valence-corrected chi connectivity index (χ1v) is 20.4. The highest BCUT2D eigenvalue weighted by atomic mass is 35.5. The molecule has 0 aliphatic carbocycles. The van der Waals surface area contributed by atoms with Crippen molar-refractivity contribution in [1.82, 2.24) is 9.55 Å². The summed E-state index contributed by atoms with van der Waals surface area (Å²) in [6, 6.07) is 1.61. The highest BCUT2D eigenvalue weighted by molar-refractivity contribution is 6.76. The summed E-state index contributed by atoms with van der Waals surface area (Å²) in [5, 5.41) is -0.848. The number of ether oxygens (including phenoxy) is 4. The Morgan fingerprint density at radius 2 is 1.65 bits per heavy atom. The first kappa shape index (κ1) is 31.7. The maximum Gasteiger partial charge on any atom is 0.419 e. The minimum Gasteiger partial charge on any atom is -0.468 e. The van der Waals surface area contributed by atoms with Gasteiger partial charge in [-0.05, 0) is 30.2 Å². The van der Waals surface area contributed by atoms with E-state index in [0.717, 1.165) is 12.1 Å². The van der Waals surface area contributed by atoms with E-state index in [9.17, 15) is 13.2 Å². The maximum atomic E-state index is 15.7. The van der Waals surface area contributed by atoms with E-state index < -0.39 is 57.4 Å². The van der Waals surface area contributed by atoms with Gasteiger partial charge in [-0.25, -0.2) is 4.98 Å². The van der Waals surface area contributed by atoms with E-state index in [4.69, 9.17) is 35.0 Å². The van der Waals surface area contributed by atoms with Crippen LogP contribution in [-0.4, -0.2) is 70.2 Å². The van der Waals surface area contributed by atoms with Crippen LogP contribution in [0.5, 0.6) is 5.88 Å². The van der Waals surface area contributed by atoms with Crippen LogP contribution >= 0.6 is 11.6 Å². The van der Waals surface area contributed by atoms with Gasteiger partial charge in [-0.1, -0.05) is 52.0 Å². The van der Waals surface area contributed by atoms with Gasteiger partial charge in [0, 0.05) is 14.7 Å². The quantitative estimate of drug-likeness (QED) is 0.128. The minimum absolute atomic E-state index is 0.0112. The highest BCUT2D eigenvalue weighted by Crippen LogP contribution is 2.42. The molecule has 4 rings (SSSR count). The summed E-state index contributed by atoms with van der Waals surface area (Å²) in [6.07, 6.45) is -6.72. The second kappa shape index (κ2) is 11.1. The van der Waals surface area contributed by atoms with Gasteiger partial charge in [-0.2, -0.15) is 17.6 Å². The second-order valence-electron chi connectivity index (χ2n) is 13.3. The molecule has 0 radical (unpaired) electrons. The fraction of sp³-hybridized carbons (Fsp3) is 0.731. The Balaban J connectivity index is 1.62. The number of nitrogens with zero attached hydrogens (tertiary/aromatic N) is 2. The third-order valence-electron chi connectivity index (χ3n) is 7.89. The van der Waals surface area contributed by atoms with Gasteiger partial charge in [0.2, 0.25) is 11.7 Å². The number of halogens is 5. The van der Waals surface area contributed by atoms with Gasteiger partial charge in [0.25, 0.3) is 0 Å². The second-order valence-corrected chi connectivity index (χ2v) is 24.0. The summed E-state index contributed by atoms with van der Waals surface area (Å²) in [4.78, 5) is 3.75. The average Bonchev–Trinajstić information content (AvgIpc) is 3.44. The molecular weight excluding hydrogens is 588 g/mol. The molecular formula is C26H39ClF4N2O5Si2. The van der Waals surface area contributed by atoms with Crippen molar-refractivity contribution in [2.24, 2.45) is 0 Å². The zero-order valence-corrected chi connectivity index (χ0v) is 27.0. The molecule has 2 aliphatic rings. The molecule has 226 valence electrons. The van der Waals surface area contributed by atoms with Crippen molar-refractivity contribution in [1.29, 1.82) is 0 Å². The van der Waals surface area contributed by atoms with E-state index in [1.165, 1.54) is 4.57 Å². The number of fused-ring (bicyclic) bond motifs is 2. The highest BCUT2D eigenvalue weighted by Gasteiger charge is 2.52. The van der Waals surface area contributed by atoms with Gasteiger partial charge in [-0.15, -0.1) is 0 Å². The van der Waals surface area contributed by atoms with Gasteiger partial charge in [-0.3, -0.25) is 4.57 Å². The Kier molecular flexibility index (Phi) is 8.81. The van der Waals surface area contributed by atoms with Gasteiger partial charge in [0.15, 0.2) is 14.4 Å². The third-order valence-corrected chi connectivity index (χ3v) is 14.4. The van der Waals surface area contributed by atoms with E-state index in [1.54, 1.807) is 0 Å². The van der Waals surface area contributed by atoms with Crippen molar-refractivity contribution in [3.8, 4) is 5.88 Å². The molecule has 2 aliphatic heterocycles. The molecule has 0 unspecified atom stereocenters. The topological polar surface area (TPSA) is 64.0 Å². The smallest absolute Gasteiger partial charge is 0.419 e. The molecule has 0 bridgehead atoms. The molecule has 7 nitrogen and oxygen atoms in total. The zero-order valence-electron chi connectivity index (χ0n) is 24.2.